The molecule has 0 aromatic rings. The van der Waals surface area contributed by atoms with Gasteiger partial charge in [0.05, 0.1) is 6.10 Å². The molecule has 0 aromatic heterocycles. The second-order valence-electron chi connectivity index (χ2n) is 9.07. The molecule has 6 aliphatic carbocycles. The molecular weight excluding hydrogens is 272 g/mol. The van der Waals surface area contributed by atoms with Gasteiger partial charge in [0.25, 0.3) is 0 Å². The Labute approximate surface area is 134 Å². The first-order chi connectivity index (χ1) is 10.1. The van der Waals surface area contributed by atoms with E-state index in [1.165, 1.54) is 17.6 Å². The first-order valence-corrected chi connectivity index (χ1v) is 8.65. The van der Waals surface area contributed by atoms with Crippen LogP contribution < -0.4 is 0 Å². The van der Waals surface area contributed by atoms with Crippen molar-refractivity contribution in [1.82, 2.24) is 0 Å². The van der Waals surface area contributed by atoms with Crippen LogP contribution in [0.3, 0.4) is 0 Å². The van der Waals surface area contributed by atoms with Crippen LogP contribution in [0.15, 0.2) is 23.3 Å². The molecule has 2 heteroatoms. The maximum Gasteiger partial charge on any atom is 0.159 e. The largest absolute Gasteiger partial charge is 0.389 e. The molecule has 4 bridgehead atoms. The van der Waals surface area contributed by atoms with E-state index in [1.807, 2.05) is 12.2 Å². The molecule has 0 radical (unpaired) electrons. The van der Waals surface area contributed by atoms with E-state index in [9.17, 15) is 9.90 Å². The monoisotopic (exact) mass is 302 g/mol. The highest BCUT2D eigenvalue weighted by Gasteiger charge is 2.54. The highest BCUT2D eigenvalue weighted by Crippen LogP contribution is 2.59. The molecule has 0 unspecified atom stereocenters. The van der Waals surface area contributed by atoms with Crippen molar-refractivity contribution in [2.75, 3.05) is 0 Å². The molecule has 5 atom stereocenters. The normalized spacial score (nSPS) is 42.9. The molecule has 2 saturated carbocycles. The van der Waals surface area contributed by atoms with Crippen molar-refractivity contribution in [3.63, 3.8) is 0 Å². The SMILES string of the molecule is CC1=CC(=O)[C@H]2C[C@@H]1C2(C)C.CC1=C[C@H](O)[C@H]2C[C@@H]1C2(C)C. The number of rotatable bonds is 0. The zero-order valence-corrected chi connectivity index (χ0v) is 14.8. The molecule has 6 aliphatic rings. The zero-order chi connectivity index (χ0) is 16.4. The number of hydrogen-bond donors (Lipinski definition) is 1. The number of hydrogen-bond acceptors (Lipinski definition) is 2. The summed E-state index contributed by atoms with van der Waals surface area (Å²) >= 11 is 0. The van der Waals surface area contributed by atoms with Crippen LogP contribution in [0.2, 0.25) is 0 Å². The van der Waals surface area contributed by atoms with Gasteiger partial charge in [-0.15, -0.1) is 0 Å². The highest BCUT2D eigenvalue weighted by molar-refractivity contribution is 5.95. The van der Waals surface area contributed by atoms with Gasteiger partial charge in [0, 0.05) is 5.92 Å². The van der Waals surface area contributed by atoms with E-state index in [1.54, 1.807) is 0 Å². The van der Waals surface area contributed by atoms with Crippen molar-refractivity contribution in [2.45, 2.75) is 60.5 Å². The first-order valence-electron chi connectivity index (χ1n) is 8.65. The third-order valence-electron chi connectivity index (χ3n) is 7.27. The summed E-state index contributed by atoms with van der Waals surface area (Å²) in [6.45, 7) is 13.2. The number of allylic oxidation sites excluding steroid dienone is 3. The minimum absolute atomic E-state index is 0.171. The minimum atomic E-state index is -0.171. The van der Waals surface area contributed by atoms with Gasteiger partial charge >= 0.3 is 0 Å². The van der Waals surface area contributed by atoms with E-state index in [0.29, 0.717) is 29.0 Å². The Bertz CT molecular complexity index is 564. The van der Waals surface area contributed by atoms with Gasteiger partial charge in [-0.05, 0) is 61.3 Å². The summed E-state index contributed by atoms with van der Waals surface area (Å²) in [5, 5.41) is 9.65. The van der Waals surface area contributed by atoms with E-state index in [4.69, 9.17) is 0 Å². The van der Waals surface area contributed by atoms with Gasteiger partial charge in [-0.1, -0.05) is 44.9 Å². The lowest BCUT2D eigenvalue weighted by Crippen LogP contribution is -2.53. The van der Waals surface area contributed by atoms with Crippen LogP contribution in [-0.2, 0) is 4.79 Å². The van der Waals surface area contributed by atoms with Crippen LogP contribution in [0.1, 0.15) is 54.4 Å². The number of carbonyl (C=O) groups excluding carboxylic acids is 1. The summed E-state index contributed by atoms with van der Waals surface area (Å²) < 4.78 is 0. The topological polar surface area (TPSA) is 37.3 Å². The second kappa shape index (κ2) is 4.80. The van der Waals surface area contributed by atoms with Gasteiger partial charge in [-0.25, -0.2) is 0 Å². The van der Waals surface area contributed by atoms with Gasteiger partial charge in [0.1, 0.15) is 0 Å². The molecule has 6 rings (SSSR count). The number of fused-ring (bicyclic) bond motifs is 2. The number of aliphatic hydroxyl groups excluding tert-OH is 1. The Kier molecular flexibility index (Phi) is 3.49. The lowest BCUT2D eigenvalue weighted by Gasteiger charge is -2.57. The second-order valence-corrected chi connectivity index (χ2v) is 9.07. The van der Waals surface area contributed by atoms with Crippen LogP contribution in [0.4, 0.5) is 0 Å². The predicted octanol–water partition coefficient (Wildman–Crippen LogP) is 4.15. The molecule has 0 aliphatic heterocycles. The third kappa shape index (κ3) is 2.06. The molecule has 0 saturated heterocycles. The van der Waals surface area contributed by atoms with E-state index < -0.39 is 0 Å². The number of aliphatic hydroxyl groups is 1. The molecule has 0 spiro atoms. The summed E-state index contributed by atoms with van der Waals surface area (Å²) in [5.74, 6) is 2.64. The molecule has 0 amide bonds. The lowest BCUT2D eigenvalue weighted by molar-refractivity contribution is -0.133. The van der Waals surface area contributed by atoms with Crippen molar-refractivity contribution < 1.29 is 9.90 Å². The van der Waals surface area contributed by atoms with Crippen molar-refractivity contribution in [3.8, 4) is 0 Å². The molecule has 0 aromatic carbocycles. The molecule has 2 nitrogen and oxygen atoms in total. The van der Waals surface area contributed by atoms with Crippen LogP contribution >= 0.6 is 0 Å². The van der Waals surface area contributed by atoms with E-state index in [-0.39, 0.29) is 11.5 Å². The van der Waals surface area contributed by atoms with Crippen LogP contribution in [0.5, 0.6) is 0 Å². The Hall–Kier alpha value is -0.890. The Morgan fingerprint density at radius 3 is 1.91 bits per heavy atom. The molecular formula is C20H30O2. The van der Waals surface area contributed by atoms with Crippen LogP contribution in [-0.4, -0.2) is 17.0 Å². The van der Waals surface area contributed by atoms with Crippen molar-refractivity contribution >= 4 is 5.78 Å². The van der Waals surface area contributed by atoms with Crippen LogP contribution in [0.25, 0.3) is 0 Å². The van der Waals surface area contributed by atoms with E-state index in [2.05, 4.69) is 41.5 Å². The Balaban J connectivity index is 0.000000131. The fourth-order valence-corrected chi connectivity index (χ4v) is 5.42. The zero-order valence-electron chi connectivity index (χ0n) is 14.8. The summed E-state index contributed by atoms with van der Waals surface area (Å²) in [6.07, 6.45) is 6.01. The highest BCUT2D eigenvalue weighted by atomic mass is 16.3. The van der Waals surface area contributed by atoms with Crippen LogP contribution in [0, 0.1) is 34.5 Å². The molecule has 0 heterocycles. The minimum Gasteiger partial charge on any atom is -0.389 e. The molecule has 1 N–H and O–H groups in total. The Morgan fingerprint density at radius 1 is 0.955 bits per heavy atom. The molecule has 2 fully saturated rings. The quantitative estimate of drug-likeness (QED) is 0.683. The molecule has 22 heavy (non-hydrogen) atoms. The predicted molar refractivity (Wildman–Crippen MR) is 89.3 cm³/mol. The average Bonchev–Trinajstić information content (AvgIpc) is 2.35. The average molecular weight is 302 g/mol. The fraction of sp³-hybridized carbons (Fsp3) is 0.750. The standard InChI is InChI=1S/C10H16O.C10H14O/c2*1-6-4-9(11)8-5-7(6)10(8,2)3/h4,7-9,11H,5H2,1-3H3;4,7-8H,5H2,1-3H3/t7-,8+,9-;7-,8+/m00/s1. The number of carbonyl (C=O) groups is 1. The lowest BCUT2D eigenvalue weighted by atomic mass is 9.48. The van der Waals surface area contributed by atoms with Gasteiger partial charge in [0.15, 0.2) is 5.78 Å². The van der Waals surface area contributed by atoms with Crippen molar-refractivity contribution in [1.29, 1.82) is 0 Å². The van der Waals surface area contributed by atoms with Crippen molar-refractivity contribution in [3.05, 3.63) is 23.3 Å². The summed E-state index contributed by atoms with van der Waals surface area (Å²) in [5.41, 5.74) is 3.31. The van der Waals surface area contributed by atoms with Crippen molar-refractivity contribution in [2.24, 2.45) is 34.5 Å². The molecule has 122 valence electrons. The van der Waals surface area contributed by atoms with Gasteiger partial charge in [0.2, 0.25) is 0 Å². The van der Waals surface area contributed by atoms with Gasteiger partial charge in [-0.3, -0.25) is 4.79 Å². The maximum atomic E-state index is 11.4. The Morgan fingerprint density at radius 2 is 1.55 bits per heavy atom. The fourth-order valence-electron chi connectivity index (χ4n) is 5.42. The third-order valence-corrected chi connectivity index (χ3v) is 7.27. The van der Waals surface area contributed by atoms with Gasteiger partial charge in [-0.2, -0.15) is 0 Å². The summed E-state index contributed by atoms with van der Waals surface area (Å²) in [7, 11) is 0. The number of ketones is 1. The van der Waals surface area contributed by atoms with Gasteiger partial charge < -0.3 is 5.11 Å². The maximum absolute atomic E-state index is 11.4. The smallest absolute Gasteiger partial charge is 0.159 e. The van der Waals surface area contributed by atoms with E-state index in [0.717, 1.165) is 12.3 Å². The summed E-state index contributed by atoms with van der Waals surface area (Å²) in [4.78, 5) is 11.4. The first kappa shape index (κ1) is 16.0. The summed E-state index contributed by atoms with van der Waals surface area (Å²) in [6, 6.07) is 0. The van der Waals surface area contributed by atoms with E-state index >= 15 is 0 Å².